The van der Waals surface area contributed by atoms with Gasteiger partial charge in [-0.05, 0) is 35.9 Å². The zero-order chi connectivity index (χ0) is 13.9. The zero-order valence-electron chi connectivity index (χ0n) is 10.9. The second-order valence-corrected chi connectivity index (χ2v) is 4.50. The fourth-order valence-electron chi connectivity index (χ4n) is 1.48. The highest BCUT2D eigenvalue weighted by Crippen LogP contribution is 2.20. The van der Waals surface area contributed by atoms with E-state index in [1.54, 1.807) is 13.0 Å². The van der Waals surface area contributed by atoms with Gasteiger partial charge in [-0.3, -0.25) is 4.79 Å². The van der Waals surface area contributed by atoms with Crippen LogP contribution >= 0.6 is 0 Å². The molecule has 1 aromatic heterocycles. The van der Waals surface area contributed by atoms with E-state index in [9.17, 15) is 4.79 Å². The number of carbonyl (C=O) groups excluding carboxylic acids is 1. The predicted molar refractivity (Wildman–Crippen MR) is 70.7 cm³/mol. The summed E-state index contributed by atoms with van der Waals surface area (Å²) in [5.41, 5.74) is 6.31. The summed E-state index contributed by atoms with van der Waals surface area (Å²) in [6, 6.07) is 7.25. The highest BCUT2D eigenvalue weighted by molar-refractivity contribution is 5.99. The van der Waals surface area contributed by atoms with Crippen molar-refractivity contribution in [1.82, 2.24) is 20.2 Å². The van der Waals surface area contributed by atoms with E-state index in [1.807, 2.05) is 25.1 Å². The summed E-state index contributed by atoms with van der Waals surface area (Å²) in [4.78, 5) is 12.1. The number of anilines is 1. The largest absolute Gasteiger partial charge is 0.323 e. The molecule has 3 N–H and O–H groups in total. The van der Waals surface area contributed by atoms with Gasteiger partial charge in [0.1, 0.15) is 6.33 Å². The Kier molecular flexibility index (Phi) is 3.57. The van der Waals surface area contributed by atoms with Crippen molar-refractivity contribution < 1.29 is 4.79 Å². The number of nitrogens with two attached hydrogens (primary N) is 1. The Labute approximate surface area is 110 Å². The third-order valence-electron chi connectivity index (χ3n) is 3.00. The molecule has 0 saturated heterocycles. The van der Waals surface area contributed by atoms with Gasteiger partial charge in [0, 0.05) is 0 Å². The van der Waals surface area contributed by atoms with Crippen LogP contribution in [0.5, 0.6) is 0 Å². The smallest absolute Gasteiger partial charge is 0.244 e. The topological polar surface area (TPSA) is 98.7 Å². The number of amides is 1. The van der Waals surface area contributed by atoms with Crippen LogP contribution in [0.15, 0.2) is 30.6 Å². The Morgan fingerprint density at radius 3 is 2.84 bits per heavy atom. The van der Waals surface area contributed by atoms with Crippen molar-refractivity contribution in [1.29, 1.82) is 0 Å². The number of para-hydroxylation sites is 2. The number of tetrazole rings is 1. The highest BCUT2D eigenvalue weighted by Gasteiger charge is 2.26. The molecule has 0 saturated carbocycles. The normalized spacial score (nSPS) is 13.8. The standard InChI is InChI=1S/C12H16N6O/c1-3-12(2,13)11(19)15-9-6-4-5-7-10(9)18-8-14-16-17-18/h4-8H,3,13H2,1-2H3,(H,15,19). The molecule has 2 rings (SSSR count). The van der Waals surface area contributed by atoms with E-state index in [1.165, 1.54) is 11.0 Å². The molecule has 1 heterocycles. The van der Waals surface area contributed by atoms with Crippen molar-refractivity contribution in [3.8, 4) is 5.69 Å². The average Bonchev–Trinajstić information content (AvgIpc) is 2.93. The molecule has 0 aliphatic rings. The minimum Gasteiger partial charge on any atom is -0.323 e. The van der Waals surface area contributed by atoms with Crippen molar-refractivity contribution in [2.75, 3.05) is 5.32 Å². The van der Waals surface area contributed by atoms with E-state index in [2.05, 4.69) is 20.8 Å². The molecule has 19 heavy (non-hydrogen) atoms. The number of rotatable bonds is 4. The quantitative estimate of drug-likeness (QED) is 0.844. The lowest BCUT2D eigenvalue weighted by Gasteiger charge is -2.22. The summed E-state index contributed by atoms with van der Waals surface area (Å²) in [5.74, 6) is -0.240. The number of benzene rings is 1. The second-order valence-electron chi connectivity index (χ2n) is 4.50. The minimum absolute atomic E-state index is 0.240. The Morgan fingerprint density at radius 2 is 2.21 bits per heavy atom. The van der Waals surface area contributed by atoms with Gasteiger partial charge >= 0.3 is 0 Å². The Balaban J connectivity index is 2.29. The van der Waals surface area contributed by atoms with Gasteiger partial charge in [0.25, 0.3) is 0 Å². The van der Waals surface area contributed by atoms with E-state index in [4.69, 9.17) is 5.73 Å². The molecule has 1 amide bonds. The van der Waals surface area contributed by atoms with E-state index in [0.29, 0.717) is 17.8 Å². The van der Waals surface area contributed by atoms with Gasteiger partial charge in [-0.25, -0.2) is 0 Å². The lowest BCUT2D eigenvalue weighted by molar-refractivity contribution is -0.120. The van der Waals surface area contributed by atoms with Crippen LogP contribution in [0.25, 0.3) is 5.69 Å². The molecule has 0 radical (unpaired) electrons. The van der Waals surface area contributed by atoms with Crippen molar-refractivity contribution >= 4 is 11.6 Å². The average molecular weight is 260 g/mol. The van der Waals surface area contributed by atoms with Crippen LogP contribution in [0.4, 0.5) is 5.69 Å². The molecule has 1 atom stereocenters. The van der Waals surface area contributed by atoms with Crippen LogP contribution < -0.4 is 11.1 Å². The van der Waals surface area contributed by atoms with Crippen LogP contribution in [-0.4, -0.2) is 31.7 Å². The zero-order valence-corrected chi connectivity index (χ0v) is 10.9. The molecular formula is C12H16N6O. The number of nitrogens with one attached hydrogen (secondary N) is 1. The van der Waals surface area contributed by atoms with Crippen LogP contribution in [-0.2, 0) is 4.79 Å². The van der Waals surface area contributed by atoms with Gasteiger partial charge in [-0.15, -0.1) is 5.10 Å². The number of hydrogen-bond acceptors (Lipinski definition) is 5. The monoisotopic (exact) mass is 260 g/mol. The van der Waals surface area contributed by atoms with Gasteiger partial charge in [0.2, 0.25) is 5.91 Å². The first kappa shape index (κ1) is 13.2. The third-order valence-corrected chi connectivity index (χ3v) is 3.00. The molecule has 7 heteroatoms. The van der Waals surface area contributed by atoms with Crippen molar-refractivity contribution in [3.05, 3.63) is 30.6 Å². The van der Waals surface area contributed by atoms with Gasteiger partial charge < -0.3 is 11.1 Å². The maximum atomic E-state index is 12.1. The summed E-state index contributed by atoms with van der Waals surface area (Å²) in [6.07, 6.45) is 2.01. The molecule has 0 aliphatic carbocycles. The molecule has 1 unspecified atom stereocenters. The maximum Gasteiger partial charge on any atom is 0.244 e. The van der Waals surface area contributed by atoms with Gasteiger partial charge in [0.05, 0.1) is 16.9 Å². The Bertz CT molecular complexity index is 563. The number of nitrogens with zero attached hydrogens (tertiary/aromatic N) is 4. The molecule has 7 nitrogen and oxygen atoms in total. The van der Waals surface area contributed by atoms with E-state index in [0.717, 1.165) is 0 Å². The molecule has 0 spiro atoms. The van der Waals surface area contributed by atoms with Crippen molar-refractivity contribution in [2.45, 2.75) is 25.8 Å². The summed E-state index contributed by atoms with van der Waals surface area (Å²) >= 11 is 0. The van der Waals surface area contributed by atoms with Crippen LogP contribution in [0.2, 0.25) is 0 Å². The molecule has 1 aromatic carbocycles. The SMILES string of the molecule is CCC(C)(N)C(=O)Nc1ccccc1-n1cnnn1. The fourth-order valence-corrected chi connectivity index (χ4v) is 1.48. The first-order chi connectivity index (χ1) is 9.04. The van der Waals surface area contributed by atoms with Gasteiger partial charge in [0.15, 0.2) is 0 Å². The van der Waals surface area contributed by atoms with Gasteiger partial charge in [-0.1, -0.05) is 19.1 Å². The van der Waals surface area contributed by atoms with E-state index < -0.39 is 5.54 Å². The molecule has 0 aliphatic heterocycles. The van der Waals surface area contributed by atoms with E-state index in [-0.39, 0.29) is 5.91 Å². The summed E-state index contributed by atoms with van der Waals surface area (Å²) in [6.45, 7) is 3.56. The summed E-state index contributed by atoms with van der Waals surface area (Å²) < 4.78 is 1.48. The number of carbonyl (C=O) groups is 1. The first-order valence-corrected chi connectivity index (χ1v) is 5.97. The maximum absolute atomic E-state index is 12.1. The van der Waals surface area contributed by atoms with E-state index >= 15 is 0 Å². The Hall–Kier alpha value is -2.28. The minimum atomic E-state index is -0.909. The summed E-state index contributed by atoms with van der Waals surface area (Å²) in [7, 11) is 0. The molecule has 2 aromatic rings. The van der Waals surface area contributed by atoms with Crippen molar-refractivity contribution in [2.24, 2.45) is 5.73 Å². The van der Waals surface area contributed by atoms with Crippen LogP contribution in [0, 0.1) is 0 Å². The highest BCUT2D eigenvalue weighted by atomic mass is 16.2. The van der Waals surface area contributed by atoms with Crippen LogP contribution in [0.1, 0.15) is 20.3 Å². The number of aromatic nitrogens is 4. The molecule has 100 valence electrons. The fraction of sp³-hybridized carbons (Fsp3) is 0.333. The van der Waals surface area contributed by atoms with Crippen molar-refractivity contribution in [3.63, 3.8) is 0 Å². The predicted octanol–water partition coefficient (Wildman–Crippen LogP) is 0.728. The lowest BCUT2D eigenvalue weighted by Crippen LogP contribution is -2.47. The third kappa shape index (κ3) is 2.76. The van der Waals surface area contributed by atoms with Crippen LogP contribution in [0.3, 0.4) is 0 Å². The Morgan fingerprint density at radius 1 is 1.47 bits per heavy atom. The molecule has 0 fully saturated rings. The van der Waals surface area contributed by atoms with Gasteiger partial charge in [-0.2, -0.15) is 4.68 Å². The molecule has 0 bridgehead atoms. The number of hydrogen-bond donors (Lipinski definition) is 2. The lowest BCUT2D eigenvalue weighted by atomic mass is 9.99. The second kappa shape index (κ2) is 5.15. The summed E-state index contributed by atoms with van der Waals surface area (Å²) in [5, 5.41) is 13.8. The molecular weight excluding hydrogens is 244 g/mol. The first-order valence-electron chi connectivity index (χ1n) is 5.97.